The molecular formula is C18H22N4O4. The van der Waals surface area contributed by atoms with Crippen LogP contribution in [0.15, 0.2) is 33.9 Å². The SMILES string of the molecule is Cc1[nH]c(=O)[nH]c(=O)c1CCC(=O)Nc1cccc(NC(=O)C(C)C)c1. The molecule has 8 heteroatoms. The van der Waals surface area contributed by atoms with Crippen molar-refractivity contribution in [3.8, 4) is 0 Å². The van der Waals surface area contributed by atoms with Gasteiger partial charge < -0.3 is 15.6 Å². The highest BCUT2D eigenvalue weighted by molar-refractivity contribution is 5.94. The van der Waals surface area contributed by atoms with E-state index in [0.717, 1.165) is 0 Å². The fraction of sp³-hybridized carbons (Fsp3) is 0.333. The largest absolute Gasteiger partial charge is 0.326 e. The standard InChI is InChI=1S/C18H22N4O4/c1-10(2)16(24)21-13-6-4-5-12(9-13)20-15(23)8-7-14-11(3)19-18(26)22-17(14)25/h4-6,9-10H,7-8H2,1-3H3,(H,20,23)(H,21,24)(H2,19,22,25,26). The predicted octanol–water partition coefficient (Wildman–Crippen LogP) is 1.54. The van der Waals surface area contributed by atoms with Gasteiger partial charge in [0.15, 0.2) is 0 Å². The van der Waals surface area contributed by atoms with Crippen LogP contribution in [0.25, 0.3) is 0 Å². The second-order valence-electron chi connectivity index (χ2n) is 6.28. The molecule has 2 amide bonds. The molecule has 0 saturated carbocycles. The first-order chi connectivity index (χ1) is 12.3. The Bertz CT molecular complexity index is 927. The van der Waals surface area contributed by atoms with Gasteiger partial charge in [0.25, 0.3) is 5.56 Å². The number of hydrogen-bond acceptors (Lipinski definition) is 4. The Hall–Kier alpha value is -3.16. The van der Waals surface area contributed by atoms with Crippen molar-refractivity contribution in [2.24, 2.45) is 5.92 Å². The van der Waals surface area contributed by atoms with Gasteiger partial charge in [-0.25, -0.2) is 4.79 Å². The van der Waals surface area contributed by atoms with E-state index >= 15 is 0 Å². The summed E-state index contributed by atoms with van der Waals surface area (Å²) in [5, 5.41) is 5.49. The number of carbonyl (C=O) groups is 2. The number of H-pyrrole nitrogens is 2. The van der Waals surface area contributed by atoms with Crippen LogP contribution >= 0.6 is 0 Å². The van der Waals surface area contributed by atoms with Crippen molar-refractivity contribution >= 4 is 23.2 Å². The van der Waals surface area contributed by atoms with Crippen LogP contribution in [0.1, 0.15) is 31.5 Å². The van der Waals surface area contributed by atoms with Crippen molar-refractivity contribution in [3.05, 3.63) is 56.4 Å². The zero-order valence-electron chi connectivity index (χ0n) is 14.9. The molecule has 0 aliphatic heterocycles. The smallest absolute Gasteiger partial charge is 0.325 e. The topological polar surface area (TPSA) is 124 Å². The first-order valence-corrected chi connectivity index (χ1v) is 8.29. The van der Waals surface area contributed by atoms with E-state index in [4.69, 9.17) is 0 Å². The van der Waals surface area contributed by atoms with Crippen LogP contribution in [0.5, 0.6) is 0 Å². The van der Waals surface area contributed by atoms with E-state index in [1.807, 2.05) is 0 Å². The molecular weight excluding hydrogens is 336 g/mol. The van der Waals surface area contributed by atoms with E-state index in [2.05, 4.69) is 20.6 Å². The molecule has 0 fully saturated rings. The Balaban J connectivity index is 1.99. The van der Waals surface area contributed by atoms with Crippen molar-refractivity contribution < 1.29 is 9.59 Å². The Labute approximate surface area is 150 Å². The molecule has 1 aromatic carbocycles. The number of nitrogens with one attached hydrogen (secondary N) is 4. The van der Waals surface area contributed by atoms with Crippen LogP contribution in [0.2, 0.25) is 0 Å². The van der Waals surface area contributed by atoms with Crippen LogP contribution in [-0.2, 0) is 16.0 Å². The second-order valence-corrected chi connectivity index (χ2v) is 6.28. The molecule has 0 unspecified atom stereocenters. The molecule has 2 aromatic rings. The first-order valence-electron chi connectivity index (χ1n) is 8.29. The lowest BCUT2D eigenvalue weighted by molar-refractivity contribution is -0.119. The normalized spacial score (nSPS) is 10.6. The van der Waals surface area contributed by atoms with E-state index in [-0.39, 0.29) is 30.6 Å². The lowest BCUT2D eigenvalue weighted by Gasteiger charge is -2.10. The van der Waals surface area contributed by atoms with E-state index in [1.165, 1.54) is 0 Å². The summed E-state index contributed by atoms with van der Waals surface area (Å²) in [7, 11) is 0. The van der Waals surface area contributed by atoms with Crippen molar-refractivity contribution in [1.29, 1.82) is 0 Å². The highest BCUT2D eigenvalue weighted by Gasteiger charge is 2.11. The average Bonchev–Trinajstić information content (AvgIpc) is 2.54. The minimum Gasteiger partial charge on any atom is -0.326 e. The summed E-state index contributed by atoms with van der Waals surface area (Å²) in [4.78, 5) is 51.5. The van der Waals surface area contributed by atoms with Gasteiger partial charge >= 0.3 is 5.69 Å². The minimum atomic E-state index is -0.569. The van der Waals surface area contributed by atoms with Crippen molar-refractivity contribution in [2.75, 3.05) is 10.6 Å². The summed E-state index contributed by atoms with van der Waals surface area (Å²) in [5.41, 5.74) is 0.902. The summed E-state index contributed by atoms with van der Waals surface area (Å²) in [5.74, 6) is -0.532. The van der Waals surface area contributed by atoms with E-state index < -0.39 is 11.2 Å². The first kappa shape index (κ1) is 19.2. The Morgan fingerprint density at radius 2 is 1.73 bits per heavy atom. The molecule has 0 bridgehead atoms. The zero-order chi connectivity index (χ0) is 19.3. The molecule has 26 heavy (non-hydrogen) atoms. The number of anilines is 2. The highest BCUT2D eigenvalue weighted by atomic mass is 16.2. The number of amides is 2. The highest BCUT2D eigenvalue weighted by Crippen LogP contribution is 2.16. The van der Waals surface area contributed by atoms with Crippen LogP contribution in [0, 0.1) is 12.8 Å². The van der Waals surface area contributed by atoms with Gasteiger partial charge in [-0.3, -0.25) is 19.4 Å². The Kier molecular flexibility index (Phi) is 6.11. The molecule has 0 saturated heterocycles. The third-order valence-electron chi connectivity index (χ3n) is 3.80. The van der Waals surface area contributed by atoms with E-state index in [9.17, 15) is 19.2 Å². The van der Waals surface area contributed by atoms with E-state index in [0.29, 0.717) is 22.6 Å². The number of rotatable bonds is 6. The molecule has 0 aliphatic rings. The lowest BCUT2D eigenvalue weighted by atomic mass is 10.1. The lowest BCUT2D eigenvalue weighted by Crippen LogP contribution is -2.27. The van der Waals surface area contributed by atoms with Crippen LogP contribution in [-0.4, -0.2) is 21.8 Å². The van der Waals surface area contributed by atoms with Gasteiger partial charge in [-0.2, -0.15) is 0 Å². The molecule has 0 aliphatic carbocycles. The van der Waals surface area contributed by atoms with Gasteiger partial charge in [0.2, 0.25) is 11.8 Å². The fourth-order valence-electron chi connectivity index (χ4n) is 2.35. The molecule has 0 radical (unpaired) electrons. The maximum Gasteiger partial charge on any atom is 0.325 e. The molecule has 0 atom stereocenters. The van der Waals surface area contributed by atoms with Crippen LogP contribution in [0.4, 0.5) is 11.4 Å². The van der Waals surface area contributed by atoms with Crippen molar-refractivity contribution in [2.45, 2.75) is 33.6 Å². The van der Waals surface area contributed by atoms with Crippen molar-refractivity contribution in [3.63, 3.8) is 0 Å². The van der Waals surface area contributed by atoms with Gasteiger partial charge in [-0.05, 0) is 31.5 Å². The van der Waals surface area contributed by atoms with Crippen LogP contribution in [0.3, 0.4) is 0 Å². The molecule has 0 spiro atoms. The van der Waals surface area contributed by atoms with E-state index in [1.54, 1.807) is 45.0 Å². The minimum absolute atomic E-state index is 0.0819. The average molecular weight is 358 g/mol. The molecule has 4 N–H and O–H groups in total. The number of carbonyl (C=O) groups excluding carboxylic acids is 2. The Morgan fingerprint density at radius 1 is 1.08 bits per heavy atom. The number of hydrogen-bond donors (Lipinski definition) is 4. The number of benzene rings is 1. The van der Waals surface area contributed by atoms with Gasteiger partial charge in [0.05, 0.1) is 0 Å². The maximum absolute atomic E-state index is 12.1. The van der Waals surface area contributed by atoms with Gasteiger partial charge in [0, 0.05) is 35.0 Å². The van der Waals surface area contributed by atoms with Gasteiger partial charge in [-0.1, -0.05) is 19.9 Å². The number of aromatic amines is 2. The van der Waals surface area contributed by atoms with Gasteiger partial charge in [0.1, 0.15) is 0 Å². The molecule has 138 valence electrons. The summed E-state index contributed by atoms with van der Waals surface area (Å²) >= 11 is 0. The van der Waals surface area contributed by atoms with Crippen LogP contribution < -0.4 is 21.9 Å². The number of aryl methyl sites for hydroxylation is 1. The molecule has 2 rings (SSSR count). The quantitative estimate of drug-likeness (QED) is 0.625. The van der Waals surface area contributed by atoms with Crippen molar-refractivity contribution in [1.82, 2.24) is 9.97 Å². The summed E-state index contributed by atoms with van der Waals surface area (Å²) in [6.07, 6.45) is 0.284. The summed E-state index contributed by atoms with van der Waals surface area (Å²) in [6.45, 7) is 5.20. The second kappa shape index (κ2) is 8.28. The third kappa shape index (κ3) is 5.17. The Morgan fingerprint density at radius 3 is 2.35 bits per heavy atom. The zero-order valence-corrected chi connectivity index (χ0v) is 14.9. The third-order valence-corrected chi connectivity index (χ3v) is 3.80. The number of aromatic nitrogens is 2. The monoisotopic (exact) mass is 358 g/mol. The summed E-state index contributed by atoms with van der Waals surface area (Å²) < 4.78 is 0. The molecule has 1 aromatic heterocycles. The van der Waals surface area contributed by atoms with Gasteiger partial charge in [-0.15, -0.1) is 0 Å². The summed E-state index contributed by atoms with van der Waals surface area (Å²) in [6, 6.07) is 6.83. The molecule has 1 heterocycles. The molecule has 8 nitrogen and oxygen atoms in total. The maximum atomic E-state index is 12.1. The fourth-order valence-corrected chi connectivity index (χ4v) is 2.35. The predicted molar refractivity (Wildman–Crippen MR) is 99.3 cm³/mol.